The highest BCUT2D eigenvalue weighted by Gasteiger charge is 2.27. The Bertz CT molecular complexity index is 987. The van der Waals surface area contributed by atoms with Crippen molar-refractivity contribution in [3.63, 3.8) is 0 Å². The summed E-state index contributed by atoms with van der Waals surface area (Å²) in [5.74, 6) is -0.600. The average molecular weight is 397 g/mol. The van der Waals surface area contributed by atoms with E-state index in [1.54, 1.807) is 41.2 Å². The summed E-state index contributed by atoms with van der Waals surface area (Å²) >= 11 is 0. The van der Waals surface area contributed by atoms with Crippen molar-refractivity contribution in [2.45, 2.75) is 26.8 Å². The van der Waals surface area contributed by atoms with Gasteiger partial charge in [-0.2, -0.15) is 5.10 Å². The summed E-state index contributed by atoms with van der Waals surface area (Å²) in [5.41, 5.74) is 1.61. The molecule has 0 aliphatic rings. The van der Waals surface area contributed by atoms with Gasteiger partial charge in [-0.05, 0) is 38.5 Å². The van der Waals surface area contributed by atoms with Crippen molar-refractivity contribution in [1.82, 2.24) is 24.6 Å². The smallest absolute Gasteiger partial charge is 0.259 e. The Morgan fingerprint density at radius 2 is 2.07 bits per heavy atom. The number of aryl methyl sites for hydroxylation is 2. The second-order valence-corrected chi connectivity index (χ2v) is 6.82. The van der Waals surface area contributed by atoms with Crippen molar-refractivity contribution in [2.75, 3.05) is 13.2 Å². The van der Waals surface area contributed by atoms with Crippen LogP contribution in [0, 0.1) is 12.7 Å². The van der Waals surface area contributed by atoms with Gasteiger partial charge in [0.1, 0.15) is 29.4 Å². The lowest BCUT2D eigenvalue weighted by atomic mass is 10.1. The molecule has 3 aromatic heterocycles. The monoisotopic (exact) mass is 397 g/mol. The number of rotatable bonds is 7. The molecule has 7 nitrogen and oxygen atoms in total. The predicted molar refractivity (Wildman–Crippen MR) is 107 cm³/mol. The van der Waals surface area contributed by atoms with Gasteiger partial charge >= 0.3 is 0 Å². The van der Waals surface area contributed by atoms with Crippen molar-refractivity contribution in [3.8, 4) is 17.3 Å². The number of halogens is 1. The van der Waals surface area contributed by atoms with Crippen molar-refractivity contribution in [1.29, 1.82) is 0 Å². The molecule has 0 fully saturated rings. The van der Waals surface area contributed by atoms with Crippen LogP contribution in [-0.2, 0) is 7.05 Å². The molecule has 3 aromatic rings. The molecule has 0 unspecified atom stereocenters. The molecule has 0 spiro atoms. The highest BCUT2D eigenvalue weighted by molar-refractivity contribution is 6.00. The van der Waals surface area contributed by atoms with E-state index >= 15 is 0 Å². The number of amides is 1. The topological polar surface area (TPSA) is 73.1 Å². The Kier molecular flexibility index (Phi) is 6.21. The fourth-order valence-electron chi connectivity index (χ4n) is 3.01. The standard InChI is InChI=1S/C21H24FN5O2/c1-5-27(15(3)13-29-18-7-6-14(2)12-24-18)21(28)19-16(22)8-10-23-20(19)17-9-11-26(4)25-17/h6-12,15H,5,13H2,1-4H3/t15-/m0/s1. The van der Waals surface area contributed by atoms with Crippen LogP contribution in [-0.4, -0.2) is 49.7 Å². The molecule has 0 saturated heterocycles. The van der Waals surface area contributed by atoms with E-state index in [4.69, 9.17) is 4.74 Å². The number of aromatic nitrogens is 4. The summed E-state index contributed by atoms with van der Waals surface area (Å²) in [5, 5.41) is 4.26. The normalized spacial score (nSPS) is 11.9. The number of hydrogen-bond donors (Lipinski definition) is 0. The highest BCUT2D eigenvalue weighted by atomic mass is 19.1. The molecule has 0 N–H and O–H groups in total. The van der Waals surface area contributed by atoms with Gasteiger partial charge in [0, 0.05) is 38.2 Å². The third kappa shape index (κ3) is 4.59. The van der Waals surface area contributed by atoms with E-state index in [1.165, 1.54) is 12.3 Å². The second-order valence-electron chi connectivity index (χ2n) is 6.82. The molecule has 0 aliphatic heterocycles. The Morgan fingerprint density at radius 1 is 1.28 bits per heavy atom. The minimum Gasteiger partial charge on any atom is -0.475 e. The van der Waals surface area contributed by atoms with E-state index in [0.717, 1.165) is 5.56 Å². The average Bonchev–Trinajstić information content (AvgIpc) is 3.14. The first kappa shape index (κ1) is 20.4. The molecule has 152 valence electrons. The number of nitrogens with zero attached hydrogens (tertiary/aromatic N) is 5. The maximum absolute atomic E-state index is 14.7. The van der Waals surface area contributed by atoms with Crippen LogP contribution in [0.2, 0.25) is 0 Å². The molecular formula is C21H24FN5O2. The largest absolute Gasteiger partial charge is 0.475 e. The van der Waals surface area contributed by atoms with E-state index < -0.39 is 11.7 Å². The van der Waals surface area contributed by atoms with Gasteiger partial charge in [-0.15, -0.1) is 0 Å². The quantitative estimate of drug-likeness (QED) is 0.612. The minimum atomic E-state index is -0.627. The van der Waals surface area contributed by atoms with Gasteiger partial charge in [-0.25, -0.2) is 9.37 Å². The lowest BCUT2D eigenvalue weighted by molar-refractivity contribution is 0.0642. The summed E-state index contributed by atoms with van der Waals surface area (Å²) in [6, 6.07) is 6.27. The zero-order chi connectivity index (χ0) is 21.0. The third-order valence-electron chi connectivity index (χ3n) is 4.56. The lowest BCUT2D eigenvalue weighted by Crippen LogP contribution is -2.42. The maximum atomic E-state index is 14.7. The van der Waals surface area contributed by atoms with Crippen LogP contribution in [0.25, 0.3) is 11.4 Å². The molecule has 0 bridgehead atoms. The molecule has 0 aliphatic carbocycles. The first-order valence-corrected chi connectivity index (χ1v) is 9.41. The number of hydrogen-bond acceptors (Lipinski definition) is 5. The number of pyridine rings is 2. The van der Waals surface area contributed by atoms with E-state index in [2.05, 4.69) is 15.1 Å². The van der Waals surface area contributed by atoms with E-state index in [-0.39, 0.29) is 23.9 Å². The SMILES string of the molecule is CCN(C(=O)c1c(F)ccnc1-c1ccn(C)n1)[C@@H](C)COc1ccc(C)cn1. The molecule has 3 heterocycles. The molecule has 0 aromatic carbocycles. The van der Waals surface area contributed by atoms with E-state index in [9.17, 15) is 9.18 Å². The highest BCUT2D eigenvalue weighted by Crippen LogP contribution is 2.24. The van der Waals surface area contributed by atoms with Crippen molar-refractivity contribution >= 4 is 5.91 Å². The summed E-state index contributed by atoms with van der Waals surface area (Å²) < 4.78 is 22.0. The number of ether oxygens (including phenoxy) is 1. The van der Waals surface area contributed by atoms with Crippen LogP contribution in [0.5, 0.6) is 5.88 Å². The number of likely N-dealkylation sites (N-methyl/N-ethyl adjacent to an activating group) is 1. The molecule has 1 atom stereocenters. The van der Waals surface area contributed by atoms with Crippen LogP contribution < -0.4 is 4.74 Å². The van der Waals surface area contributed by atoms with Gasteiger partial charge in [0.2, 0.25) is 5.88 Å². The molecule has 29 heavy (non-hydrogen) atoms. The number of carbonyl (C=O) groups is 1. The van der Waals surface area contributed by atoms with Gasteiger partial charge in [-0.1, -0.05) is 6.07 Å². The fraction of sp³-hybridized carbons (Fsp3) is 0.333. The molecule has 0 radical (unpaired) electrons. The zero-order valence-electron chi connectivity index (χ0n) is 17.0. The van der Waals surface area contributed by atoms with Crippen LogP contribution in [0.4, 0.5) is 4.39 Å². The molecule has 3 rings (SSSR count). The summed E-state index contributed by atoms with van der Waals surface area (Å²) in [6.45, 7) is 6.26. The van der Waals surface area contributed by atoms with Gasteiger partial charge < -0.3 is 9.64 Å². The first-order valence-electron chi connectivity index (χ1n) is 9.41. The first-order chi connectivity index (χ1) is 13.9. The Hall–Kier alpha value is -3.29. The van der Waals surface area contributed by atoms with Crippen LogP contribution >= 0.6 is 0 Å². The number of carbonyl (C=O) groups excluding carboxylic acids is 1. The van der Waals surface area contributed by atoms with Gasteiger partial charge in [0.15, 0.2) is 0 Å². The van der Waals surface area contributed by atoms with Crippen LogP contribution in [0.3, 0.4) is 0 Å². The summed E-state index contributed by atoms with van der Waals surface area (Å²) in [4.78, 5) is 23.2. The second kappa shape index (κ2) is 8.81. The Balaban J connectivity index is 1.82. The molecular weight excluding hydrogens is 373 g/mol. The van der Waals surface area contributed by atoms with Crippen LogP contribution in [0.1, 0.15) is 29.8 Å². The maximum Gasteiger partial charge on any atom is 0.259 e. The molecule has 1 amide bonds. The molecule has 8 heteroatoms. The summed E-state index contributed by atoms with van der Waals surface area (Å²) in [7, 11) is 1.75. The lowest BCUT2D eigenvalue weighted by Gasteiger charge is -2.28. The van der Waals surface area contributed by atoms with Gasteiger partial charge in [0.25, 0.3) is 5.91 Å². The van der Waals surface area contributed by atoms with E-state index in [1.807, 2.05) is 26.8 Å². The fourth-order valence-corrected chi connectivity index (χ4v) is 3.01. The van der Waals surface area contributed by atoms with Gasteiger partial charge in [0.05, 0.1) is 6.04 Å². The van der Waals surface area contributed by atoms with Crippen molar-refractivity contribution in [3.05, 3.63) is 59.8 Å². The zero-order valence-corrected chi connectivity index (χ0v) is 17.0. The predicted octanol–water partition coefficient (Wildman–Crippen LogP) is 3.25. The van der Waals surface area contributed by atoms with E-state index in [0.29, 0.717) is 18.1 Å². The third-order valence-corrected chi connectivity index (χ3v) is 4.56. The van der Waals surface area contributed by atoms with Crippen LogP contribution in [0.15, 0.2) is 42.9 Å². The molecule has 0 saturated carbocycles. The minimum absolute atomic E-state index is 0.0895. The summed E-state index contributed by atoms with van der Waals surface area (Å²) in [6.07, 6.45) is 4.77. The Labute approximate surface area is 169 Å². The van der Waals surface area contributed by atoms with Crippen molar-refractivity contribution in [2.24, 2.45) is 7.05 Å². The van der Waals surface area contributed by atoms with Gasteiger partial charge in [-0.3, -0.25) is 14.5 Å². The van der Waals surface area contributed by atoms with Crippen molar-refractivity contribution < 1.29 is 13.9 Å². The Morgan fingerprint density at radius 3 is 2.69 bits per heavy atom.